The van der Waals surface area contributed by atoms with E-state index in [9.17, 15) is 19.5 Å². The van der Waals surface area contributed by atoms with Crippen molar-refractivity contribution in [2.75, 3.05) is 4.90 Å². The van der Waals surface area contributed by atoms with Crippen molar-refractivity contribution in [2.45, 2.75) is 50.5 Å². The number of hydrogen-bond acceptors (Lipinski definition) is 6. The summed E-state index contributed by atoms with van der Waals surface area (Å²) in [6.45, 7) is 4.67. The quantitative estimate of drug-likeness (QED) is 0.142. The molecule has 10 rings (SSSR count). The first-order valence-corrected chi connectivity index (χ1v) is 19.4. The van der Waals surface area contributed by atoms with E-state index in [2.05, 4.69) is 91.5 Å². The number of aromatic carboxylic acids is 1. The number of allylic oxidation sites excluding steroid dienone is 1. The maximum atomic E-state index is 13.1. The smallest absolute Gasteiger partial charge is 0.335 e. The normalized spacial score (nSPS) is 19.9. The number of fused-ring (bicyclic) bond motifs is 7. The second-order valence-corrected chi connectivity index (χ2v) is 17.0. The van der Waals surface area contributed by atoms with Crippen molar-refractivity contribution in [3.05, 3.63) is 147 Å². The molecule has 2 unspecified atom stereocenters. The monoisotopic (exact) mass is 715 g/mol. The Morgan fingerprint density at radius 1 is 0.750 bits per heavy atom. The first-order valence-electron chi connectivity index (χ1n) is 17.7. The van der Waals surface area contributed by atoms with Crippen molar-refractivity contribution in [2.24, 2.45) is 0 Å². The molecule has 1 N–H and O–H groups in total. The number of carboxylic acids is 1. The summed E-state index contributed by atoms with van der Waals surface area (Å²) in [6, 6.07) is 35.9. The van der Waals surface area contributed by atoms with E-state index in [0.717, 1.165) is 14.6 Å². The Morgan fingerprint density at radius 2 is 1.52 bits per heavy atom. The van der Waals surface area contributed by atoms with Gasteiger partial charge in [-0.2, -0.15) is 0 Å². The van der Waals surface area contributed by atoms with Gasteiger partial charge in [0.2, 0.25) is 0 Å². The summed E-state index contributed by atoms with van der Waals surface area (Å²) in [5.41, 5.74) is 11.3. The van der Waals surface area contributed by atoms with Crippen LogP contribution in [0, 0.1) is 0 Å². The highest BCUT2D eigenvalue weighted by molar-refractivity contribution is 7.24. The number of benzene rings is 4. The number of Topliss-reactive ketones (excluding diaryl/α,β-unsaturated/α-hetero) is 2. The molecule has 4 aliphatic rings. The first kappa shape index (κ1) is 31.4. The van der Waals surface area contributed by atoms with Crippen molar-refractivity contribution < 1.29 is 19.5 Å². The van der Waals surface area contributed by atoms with Crippen LogP contribution >= 0.6 is 22.7 Å². The number of anilines is 2. The summed E-state index contributed by atoms with van der Waals surface area (Å²) in [4.78, 5) is 44.4. The molecule has 2 atom stereocenters. The molecule has 6 aromatic rings. The molecule has 1 fully saturated rings. The molecular weight excluding hydrogens is 683 g/mol. The lowest BCUT2D eigenvalue weighted by atomic mass is 9.82. The molecule has 4 aromatic carbocycles. The molecule has 3 aliphatic carbocycles. The van der Waals surface area contributed by atoms with Crippen LogP contribution in [0.4, 0.5) is 11.4 Å². The minimum absolute atomic E-state index is 0.00416. The van der Waals surface area contributed by atoms with Gasteiger partial charge in [0, 0.05) is 59.4 Å². The zero-order valence-electron chi connectivity index (χ0n) is 28.6. The Bertz CT molecular complexity index is 2590. The predicted octanol–water partition coefficient (Wildman–Crippen LogP) is 11.4. The maximum absolute atomic E-state index is 13.1. The fourth-order valence-electron chi connectivity index (χ4n) is 9.12. The highest BCUT2D eigenvalue weighted by Gasteiger charge is 2.43. The minimum atomic E-state index is -1.13. The van der Waals surface area contributed by atoms with E-state index in [-0.39, 0.29) is 33.5 Å². The Labute approximate surface area is 309 Å². The predicted molar refractivity (Wildman–Crippen MR) is 210 cm³/mol. The van der Waals surface area contributed by atoms with Crippen LogP contribution in [0.5, 0.6) is 0 Å². The standard InChI is InChI=1S/C45H33NO4S2/c1-45(2)35-8-4-3-6-28(35)31-22-26(12-15-36(31)45)46-37-9-5-7-29(37)32-20-24(11-16-38(32)46)39-18-19-41(52-39)40-17-13-27(51-40)23-34-42(47)30-14-10-25(44(49)50)21-33(30)43(34)48/h3-4,6,8,10-23,29,37H,5,7,9H2,1-2H3,(H,49,50)/b34-23+. The minimum Gasteiger partial charge on any atom is -0.478 e. The summed E-state index contributed by atoms with van der Waals surface area (Å²) >= 11 is 3.29. The van der Waals surface area contributed by atoms with E-state index in [1.807, 2.05) is 12.1 Å². The summed E-state index contributed by atoms with van der Waals surface area (Å²) in [7, 11) is 0. The third kappa shape index (κ3) is 4.55. The van der Waals surface area contributed by atoms with E-state index in [1.54, 1.807) is 17.4 Å². The summed E-state index contributed by atoms with van der Waals surface area (Å²) in [5, 5.41) is 9.34. The third-order valence-corrected chi connectivity index (χ3v) is 14.0. The Kier molecular flexibility index (Phi) is 6.83. The van der Waals surface area contributed by atoms with Gasteiger partial charge >= 0.3 is 5.97 Å². The molecule has 0 radical (unpaired) electrons. The van der Waals surface area contributed by atoms with Crippen LogP contribution in [0.1, 0.15) is 91.7 Å². The topological polar surface area (TPSA) is 74.7 Å². The van der Waals surface area contributed by atoms with E-state index in [1.165, 1.54) is 98.4 Å². The van der Waals surface area contributed by atoms with Crippen molar-refractivity contribution in [3.8, 4) is 31.3 Å². The van der Waals surface area contributed by atoms with Crippen LogP contribution in [-0.2, 0) is 5.41 Å². The van der Waals surface area contributed by atoms with Gasteiger partial charge in [-0.1, -0.05) is 56.7 Å². The van der Waals surface area contributed by atoms with Crippen LogP contribution in [0.25, 0.3) is 37.4 Å². The zero-order chi connectivity index (χ0) is 35.5. The number of carbonyl (C=O) groups is 3. The van der Waals surface area contributed by atoms with Crippen LogP contribution in [-0.4, -0.2) is 28.7 Å². The number of thiophene rings is 2. The van der Waals surface area contributed by atoms with Gasteiger partial charge in [-0.3, -0.25) is 9.59 Å². The van der Waals surface area contributed by atoms with Crippen molar-refractivity contribution in [1.29, 1.82) is 0 Å². The van der Waals surface area contributed by atoms with E-state index in [0.29, 0.717) is 12.0 Å². The zero-order valence-corrected chi connectivity index (χ0v) is 30.2. The number of carbonyl (C=O) groups excluding carboxylic acids is 2. The summed E-state index contributed by atoms with van der Waals surface area (Å²) < 4.78 is 0. The van der Waals surface area contributed by atoms with Gasteiger partial charge in [0.1, 0.15) is 0 Å². The van der Waals surface area contributed by atoms with E-state index >= 15 is 0 Å². The lowest BCUT2D eigenvalue weighted by molar-refractivity contribution is 0.0696. The van der Waals surface area contributed by atoms with Gasteiger partial charge in [0.15, 0.2) is 11.6 Å². The summed E-state index contributed by atoms with van der Waals surface area (Å²) in [6.07, 6.45) is 5.28. The van der Waals surface area contributed by atoms with E-state index < -0.39 is 11.8 Å². The average molecular weight is 716 g/mol. The molecular formula is C45H33NO4S2. The molecule has 1 saturated carbocycles. The second-order valence-electron chi connectivity index (χ2n) is 14.8. The van der Waals surface area contributed by atoms with E-state index in [4.69, 9.17) is 0 Å². The molecule has 0 spiro atoms. The summed E-state index contributed by atoms with van der Waals surface area (Å²) in [5.74, 6) is -1.41. The fraction of sp³-hybridized carbons (Fsp3) is 0.178. The van der Waals surface area contributed by atoms with Gasteiger partial charge in [-0.25, -0.2) is 4.79 Å². The number of ketones is 2. The highest BCUT2D eigenvalue weighted by atomic mass is 32.1. The van der Waals surface area contributed by atoms with Gasteiger partial charge in [-0.05, 0) is 119 Å². The molecule has 52 heavy (non-hydrogen) atoms. The lowest BCUT2D eigenvalue weighted by Gasteiger charge is -2.28. The number of hydrogen-bond donors (Lipinski definition) is 1. The first-order chi connectivity index (χ1) is 25.2. The van der Waals surface area contributed by atoms with Crippen LogP contribution < -0.4 is 4.90 Å². The molecule has 7 heteroatoms. The van der Waals surface area contributed by atoms with Crippen molar-refractivity contribution in [3.63, 3.8) is 0 Å². The van der Waals surface area contributed by atoms with Gasteiger partial charge in [0.25, 0.3) is 0 Å². The molecule has 2 aromatic heterocycles. The molecule has 5 nitrogen and oxygen atoms in total. The molecule has 0 saturated heterocycles. The molecule has 3 heterocycles. The lowest BCUT2D eigenvalue weighted by Crippen LogP contribution is -2.26. The average Bonchev–Trinajstić information content (AvgIpc) is 4.00. The fourth-order valence-corrected chi connectivity index (χ4v) is 11.2. The third-order valence-electron chi connectivity index (χ3n) is 11.6. The largest absolute Gasteiger partial charge is 0.478 e. The molecule has 1 aliphatic heterocycles. The van der Waals surface area contributed by atoms with Crippen LogP contribution in [0.2, 0.25) is 0 Å². The number of carboxylic acid groups (broad SMARTS) is 1. The van der Waals surface area contributed by atoms with Gasteiger partial charge < -0.3 is 10.0 Å². The van der Waals surface area contributed by atoms with Gasteiger partial charge in [-0.15, -0.1) is 22.7 Å². The van der Waals surface area contributed by atoms with Gasteiger partial charge in [0.05, 0.1) is 11.1 Å². The second kappa shape index (κ2) is 11.3. The number of rotatable bonds is 5. The highest BCUT2D eigenvalue weighted by Crippen LogP contribution is 2.56. The maximum Gasteiger partial charge on any atom is 0.335 e. The Hall–Kier alpha value is -5.37. The molecule has 0 amide bonds. The number of nitrogens with zero attached hydrogens (tertiary/aromatic N) is 1. The molecule has 254 valence electrons. The SMILES string of the molecule is CC1(C)c2ccccc2-c2cc(N3c4ccc(-c5ccc(-c6ccc(/C=C7\C(=O)c8ccc(C(=O)O)cc8C7=O)s6)s5)cc4C4CCCC43)ccc21. The van der Waals surface area contributed by atoms with Crippen molar-refractivity contribution >= 4 is 57.7 Å². The molecule has 0 bridgehead atoms. The van der Waals surface area contributed by atoms with Crippen molar-refractivity contribution in [1.82, 2.24) is 0 Å². The van der Waals surface area contributed by atoms with Crippen LogP contribution in [0.3, 0.4) is 0 Å². The van der Waals surface area contributed by atoms with Crippen LogP contribution in [0.15, 0.2) is 109 Å². The Balaban J connectivity index is 0.938. The Morgan fingerprint density at radius 3 is 2.38 bits per heavy atom.